The van der Waals surface area contributed by atoms with Crippen molar-refractivity contribution in [2.45, 2.75) is 56.2 Å². The van der Waals surface area contributed by atoms with Crippen molar-refractivity contribution >= 4 is 15.9 Å². The van der Waals surface area contributed by atoms with Gasteiger partial charge in [0, 0.05) is 17.2 Å². The number of halogens is 1. The Labute approximate surface area is 113 Å². The maximum atomic E-state index is 4.06. The Bertz CT molecular complexity index is 306. The van der Waals surface area contributed by atoms with E-state index in [2.05, 4.69) is 33.0 Å². The Morgan fingerprint density at radius 3 is 2.59 bits per heavy atom. The van der Waals surface area contributed by atoms with Gasteiger partial charge < -0.3 is 0 Å². The van der Waals surface area contributed by atoms with Crippen LogP contribution in [0.5, 0.6) is 0 Å². The van der Waals surface area contributed by atoms with Gasteiger partial charge in [0.15, 0.2) is 0 Å². The van der Waals surface area contributed by atoms with Crippen LogP contribution in [0.2, 0.25) is 0 Å². The third kappa shape index (κ3) is 4.79. The van der Waals surface area contributed by atoms with E-state index in [0.29, 0.717) is 4.83 Å². The first-order chi connectivity index (χ1) is 8.34. The summed E-state index contributed by atoms with van der Waals surface area (Å²) in [4.78, 5) is 4.69. The zero-order valence-corrected chi connectivity index (χ0v) is 12.0. The van der Waals surface area contributed by atoms with Gasteiger partial charge in [-0.3, -0.25) is 4.98 Å². The van der Waals surface area contributed by atoms with Gasteiger partial charge in [-0.1, -0.05) is 48.0 Å². The Balaban J connectivity index is 1.68. The first kappa shape index (κ1) is 13.1. The topological polar surface area (TPSA) is 12.9 Å². The summed E-state index contributed by atoms with van der Waals surface area (Å²) in [6, 6.07) is 4.24. The number of pyridine rings is 1. The molecule has 1 fully saturated rings. The predicted octanol–water partition coefficient (Wildman–Crippen LogP) is 4.75. The highest BCUT2D eigenvalue weighted by Crippen LogP contribution is 2.29. The lowest BCUT2D eigenvalue weighted by Crippen LogP contribution is -2.10. The number of nitrogens with zero attached hydrogens (tertiary/aromatic N) is 1. The van der Waals surface area contributed by atoms with Gasteiger partial charge in [0.25, 0.3) is 0 Å². The molecule has 1 heterocycles. The molecule has 1 saturated carbocycles. The lowest BCUT2D eigenvalue weighted by Gasteiger charge is -2.22. The Hall–Kier alpha value is -0.370. The minimum Gasteiger partial charge on any atom is -0.265 e. The number of alkyl halides is 1. The second-order valence-electron chi connectivity index (χ2n) is 5.24. The maximum absolute atomic E-state index is 4.06. The Morgan fingerprint density at radius 2 is 1.88 bits per heavy atom. The van der Waals surface area contributed by atoms with Gasteiger partial charge in [-0.25, -0.2) is 0 Å². The second-order valence-corrected chi connectivity index (χ2v) is 6.53. The molecular weight excluding hydrogens is 274 g/mol. The molecule has 0 amide bonds. The summed E-state index contributed by atoms with van der Waals surface area (Å²) in [6.45, 7) is 0. The Morgan fingerprint density at radius 1 is 1.18 bits per heavy atom. The van der Waals surface area contributed by atoms with Gasteiger partial charge in [0.1, 0.15) is 0 Å². The molecule has 2 rings (SSSR count). The van der Waals surface area contributed by atoms with Gasteiger partial charge in [-0.05, 0) is 42.9 Å². The molecule has 1 nitrogen and oxygen atoms in total. The summed E-state index contributed by atoms with van der Waals surface area (Å²) in [5, 5.41) is 0. The van der Waals surface area contributed by atoms with E-state index in [1.807, 2.05) is 12.4 Å². The summed E-state index contributed by atoms with van der Waals surface area (Å²) in [5.74, 6) is 1.00. The van der Waals surface area contributed by atoms with Crippen molar-refractivity contribution in [1.29, 1.82) is 0 Å². The van der Waals surface area contributed by atoms with E-state index < -0.39 is 0 Å². The van der Waals surface area contributed by atoms with Crippen molar-refractivity contribution in [2.24, 2.45) is 5.92 Å². The van der Waals surface area contributed by atoms with E-state index in [1.165, 1.54) is 50.5 Å². The summed E-state index contributed by atoms with van der Waals surface area (Å²) in [7, 11) is 0. The standard InChI is InChI=1S/C15H22BrN/c16-15(12-14-8-10-17-11-9-14)7-6-13-4-2-1-3-5-13/h8-11,13,15H,1-7,12H2. The molecule has 0 N–H and O–H groups in total. The predicted molar refractivity (Wildman–Crippen MR) is 76.5 cm³/mol. The van der Waals surface area contributed by atoms with Crippen LogP contribution in [0, 0.1) is 5.92 Å². The van der Waals surface area contributed by atoms with Crippen LogP contribution in [0.15, 0.2) is 24.5 Å². The average Bonchev–Trinajstić information content (AvgIpc) is 2.39. The van der Waals surface area contributed by atoms with Crippen LogP contribution in [0.25, 0.3) is 0 Å². The molecule has 1 aromatic heterocycles. The van der Waals surface area contributed by atoms with Crippen LogP contribution >= 0.6 is 15.9 Å². The normalized spacial score (nSPS) is 19.1. The zero-order chi connectivity index (χ0) is 11.9. The molecule has 1 aliphatic carbocycles. The smallest absolute Gasteiger partial charge is 0.0270 e. The second kappa shape index (κ2) is 7.15. The first-order valence-corrected chi connectivity index (χ1v) is 7.79. The van der Waals surface area contributed by atoms with Crippen molar-refractivity contribution in [3.63, 3.8) is 0 Å². The highest BCUT2D eigenvalue weighted by Gasteiger charge is 2.15. The largest absolute Gasteiger partial charge is 0.265 e. The zero-order valence-electron chi connectivity index (χ0n) is 10.4. The fraction of sp³-hybridized carbons (Fsp3) is 0.667. The summed E-state index contributed by atoms with van der Waals surface area (Å²) < 4.78 is 0. The van der Waals surface area contributed by atoms with Crippen LogP contribution < -0.4 is 0 Å². The molecule has 17 heavy (non-hydrogen) atoms. The van der Waals surface area contributed by atoms with Gasteiger partial charge in [0.05, 0.1) is 0 Å². The molecule has 0 saturated heterocycles. The Kier molecular flexibility index (Phi) is 5.50. The van der Waals surface area contributed by atoms with Crippen LogP contribution in [-0.4, -0.2) is 9.81 Å². The molecule has 1 unspecified atom stereocenters. The highest BCUT2D eigenvalue weighted by atomic mass is 79.9. The maximum Gasteiger partial charge on any atom is 0.0270 e. The summed E-state index contributed by atoms with van der Waals surface area (Å²) >= 11 is 3.82. The van der Waals surface area contributed by atoms with Crippen LogP contribution in [0.3, 0.4) is 0 Å². The van der Waals surface area contributed by atoms with E-state index in [-0.39, 0.29) is 0 Å². The van der Waals surface area contributed by atoms with Crippen molar-refractivity contribution < 1.29 is 0 Å². The van der Waals surface area contributed by atoms with E-state index >= 15 is 0 Å². The number of hydrogen-bond acceptors (Lipinski definition) is 1. The molecular formula is C15H22BrN. The van der Waals surface area contributed by atoms with Crippen LogP contribution in [0.4, 0.5) is 0 Å². The SMILES string of the molecule is BrC(CCC1CCCCC1)Cc1ccncc1. The van der Waals surface area contributed by atoms with E-state index in [9.17, 15) is 0 Å². The number of aromatic nitrogens is 1. The molecule has 1 aliphatic rings. The summed E-state index contributed by atoms with van der Waals surface area (Å²) in [6.07, 6.45) is 14.9. The quantitative estimate of drug-likeness (QED) is 0.715. The number of hydrogen-bond donors (Lipinski definition) is 0. The van der Waals surface area contributed by atoms with Gasteiger partial charge in [0.2, 0.25) is 0 Å². The molecule has 0 aromatic carbocycles. The van der Waals surface area contributed by atoms with E-state index in [1.54, 1.807) is 0 Å². The van der Waals surface area contributed by atoms with E-state index in [0.717, 1.165) is 12.3 Å². The third-order valence-corrected chi connectivity index (χ3v) is 4.60. The van der Waals surface area contributed by atoms with E-state index in [4.69, 9.17) is 0 Å². The third-order valence-electron chi connectivity index (χ3n) is 3.82. The van der Waals surface area contributed by atoms with Crippen molar-refractivity contribution in [2.75, 3.05) is 0 Å². The minimum atomic E-state index is 0.631. The lowest BCUT2D eigenvalue weighted by atomic mass is 9.85. The summed E-state index contributed by atoms with van der Waals surface area (Å²) in [5.41, 5.74) is 1.39. The molecule has 1 aromatic rings. The fourth-order valence-electron chi connectivity index (χ4n) is 2.77. The van der Waals surface area contributed by atoms with Gasteiger partial charge in [-0.2, -0.15) is 0 Å². The number of rotatable bonds is 5. The molecule has 0 spiro atoms. The molecule has 2 heteroatoms. The molecule has 0 bridgehead atoms. The van der Waals surface area contributed by atoms with Gasteiger partial charge in [-0.15, -0.1) is 0 Å². The average molecular weight is 296 g/mol. The van der Waals surface area contributed by atoms with Crippen molar-refractivity contribution in [3.8, 4) is 0 Å². The first-order valence-electron chi connectivity index (χ1n) is 6.87. The van der Waals surface area contributed by atoms with Crippen LogP contribution in [-0.2, 0) is 6.42 Å². The molecule has 0 aliphatic heterocycles. The molecule has 94 valence electrons. The van der Waals surface area contributed by atoms with Gasteiger partial charge >= 0.3 is 0 Å². The van der Waals surface area contributed by atoms with Crippen molar-refractivity contribution in [1.82, 2.24) is 4.98 Å². The minimum absolute atomic E-state index is 0.631. The monoisotopic (exact) mass is 295 g/mol. The molecule has 1 atom stereocenters. The highest BCUT2D eigenvalue weighted by molar-refractivity contribution is 9.09. The lowest BCUT2D eigenvalue weighted by molar-refractivity contribution is 0.331. The molecule has 0 radical (unpaired) electrons. The fourth-order valence-corrected chi connectivity index (χ4v) is 3.41. The van der Waals surface area contributed by atoms with Crippen molar-refractivity contribution in [3.05, 3.63) is 30.1 Å². The van der Waals surface area contributed by atoms with Crippen LogP contribution in [0.1, 0.15) is 50.5 Å².